The Morgan fingerprint density at radius 2 is 1.59 bits per heavy atom. The van der Waals surface area contributed by atoms with E-state index in [1.807, 2.05) is 51.1 Å². The molecule has 0 spiro atoms. The molecule has 0 aliphatic carbocycles. The van der Waals surface area contributed by atoms with Crippen molar-refractivity contribution in [2.24, 2.45) is 0 Å². The molecule has 6 heteroatoms. The zero-order valence-electron chi connectivity index (χ0n) is 18.1. The van der Waals surface area contributed by atoms with E-state index in [0.717, 1.165) is 11.1 Å². The molecule has 2 amide bonds. The first-order valence-electron chi connectivity index (χ1n) is 10.3. The van der Waals surface area contributed by atoms with Crippen molar-refractivity contribution in [1.29, 1.82) is 0 Å². The van der Waals surface area contributed by atoms with Crippen molar-refractivity contribution >= 4 is 40.4 Å². The second-order valence-corrected chi connectivity index (χ2v) is 8.01. The molecule has 0 unspecified atom stereocenters. The molecule has 32 heavy (non-hydrogen) atoms. The van der Waals surface area contributed by atoms with Crippen molar-refractivity contribution in [3.63, 3.8) is 0 Å². The highest BCUT2D eigenvalue weighted by atomic mass is 35.5. The van der Waals surface area contributed by atoms with Gasteiger partial charge in [-0.05, 0) is 68.3 Å². The Hall–Kier alpha value is -3.57. The molecule has 0 fully saturated rings. The fourth-order valence-electron chi connectivity index (χ4n) is 3.59. The number of carbonyl (C=O) groups excluding carboxylic acids is 2. The predicted octanol–water partition coefficient (Wildman–Crippen LogP) is 5.75. The summed E-state index contributed by atoms with van der Waals surface area (Å²) < 4.78 is 5.48. The molecule has 0 aromatic heterocycles. The van der Waals surface area contributed by atoms with Crippen LogP contribution >= 0.6 is 11.6 Å². The second kappa shape index (κ2) is 8.89. The van der Waals surface area contributed by atoms with Gasteiger partial charge in [0.1, 0.15) is 11.4 Å². The molecular formula is C26H23ClN2O3. The van der Waals surface area contributed by atoms with Crippen molar-refractivity contribution in [3.05, 3.63) is 94.1 Å². The van der Waals surface area contributed by atoms with Crippen molar-refractivity contribution in [1.82, 2.24) is 0 Å². The van der Waals surface area contributed by atoms with Crippen LogP contribution in [0.25, 0.3) is 5.57 Å². The number of carbonyl (C=O) groups is 2. The smallest absolute Gasteiger partial charge is 0.282 e. The van der Waals surface area contributed by atoms with Crippen LogP contribution in [0.4, 0.5) is 11.4 Å². The zero-order valence-corrected chi connectivity index (χ0v) is 18.9. The summed E-state index contributed by atoms with van der Waals surface area (Å²) >= 11 is 6.17. The van der Waals surface area contributed by atoms with Gasteiger partial charge in [0.2, 0.25) is 0 Å². The molecule has 1 heterocycles. The number of hydrogen-bond acceptors (Lipinski definition) is 4. The number of amides is 2. The lowest BCUT2D eigenvalue weighted by Gasteiger charge is -2.16. The van der Waals surface area contributed by atoms with E-state index in [-0.39, 0.29) is 11.6 Å². The van der Waals surface area contributed by atoms with Gasteiger partial charge in [0, 0.05) is 10.7 Å². The summed E-state index contributed by atoms with van der Waals surface area (Å²) in [6, 6.07) is 19.8. The normalized spacial score (nSPS) is 13.7. The molecule has 3 aromatic carbocycles. The van der Waals surface area contributed by atoms with Crippen LogP contribution in [0.3, 0.4) is 0 Å². The van der Waals surface area contributed by atoms with Crippen LogP contribution in [0.5, 0.6) is 5.75 Å². The Balaban J connectivity index is 1.79. The third-order valence-corrected chi connectivity index (χ3v) is 5.52. The molecule has 5 nitrogen and oxygen atoms in total. The number of nitrogens with one attached hydrogen (secondary N) is 1. The van der Waals surface area contributed by atoms with E-state index in [9.17, 15) is 9.59 Å². The summed E-state index contributed by atoms with van der Waals surface area (Å²) in [4.78, 5) is 28.2. The van der Waals surface area contributed by atoms with Gasteiger partial charge in [0.05, 0.1) is 17.9 Å². The summed E-state index contributed by atoms with van der Waals surface area (Å²) in [6.45, 7) is 6.32. The van der Waals surface area contributed by atoms with E-state index in [1.54, 1.807) is 36.4 Å². The molecule has 0 atom stereocenters. The van der Waals surface area contributed by atoms with Gasteiger partial charge in [-0.1, -0.05) is 47.5 Å². The number of aryl methyl sites for hydroxylation is 2. The molecular weight excluding hydrogens is 424 g/mol. The standard InChI is InChI=1S/C26H23ClN2O3/c1-4-32-21-13-11-20(12-14-21)29-25(30)23(18-8-5-16(2)6-9-18)24(26(29)31)28-22-15-19(27)10-7-17(22)3/h5-15,28H,4H2,1-3H3. The molecule has 0 radical (unpaired) electrons. The minimum atomic E-state index is -0.422. The van der Waals surface area contributed by atoms with Gasteiger partial charge in [-0.15, -0.1) is 0 Å². The molecule has 0 saturated carbocycles. The van der Waals surface area contributed by atoms with Gasteiger partial charge < -0.3 is 10.1 Å². The highest BCUT2D eigenvalue weighted by molar-refractivity contribution is 6.46. The lowest BCUT2D eigenvalue weighted by atomic mass is 10.0. The van der Waals surface area contributed by atoms with Crippen LogP contribution in [0.2, 0.25) is 5.02 Å². The number of halogens is 1. The third kappa shape index (κ3) is 4.12. The number of ether oxygens (including phenoxy) is 1. The van der Waals surface area contributed by atoms with Crippen LogP contribution in [0, 0.1) is 13.8 Å². The molecule has 0 bridgehead atoms. The Bertz CT molecular complexity index is 1210. The number of anilines is 2. The quantitative estimate of drug-likeness (QED) is 0.489. The Kier molecular flexibility index (Phi) is 6.01. The van der Waals surface area contributed by atoms with E-state index in [1.165, 1.54) is 4.90 Å². The largest absolute Gasteiger partial charge is 0.494 e. The third-order valence-electron chi connectivity index (χ3n) is 5.29. The Labute approximate surface area is 192 Å². The summed E-state index contributed by atoms with van der Waals surface area (Å²) in [6.07, 6.45) is 0. The van der Waals surface area contributed by atoms with Crippen molar-refractivity contribution in [3.8, 4) is 5.75 Å². The van der Waals surface area contributed by atoms with Gasteiger partial charge in [-0.25, -0.2) is 4.90 Å². The second-order valence-electron chi connectivity index (χ2n) is 7.57. The highest BCUT2D eigenvalue weighted by Gasteiger charge is 2.40. The van der Waals surface area contributed by atoms with Gasteiger partial charge in [-0.2, -0.15) is 0 Å². The molecule has 1 N–H and O–H groups in total. The van der Waals surface area contributed by atoms with Crippen LogP contribution in [0.15, 0.2) is 72.4 Å². The van der Waals surface area contributed by atoms with Crippen molar-refractivity contribution in [2.75, 3.05) is 16.8 Å². The van der Waals surface area contributed by atoms with Crippen molar-refractivity contribution in [2.45, 2.75) is 20.8 Å². The molecule has 1 aliphatic rings. The Morgan fingerprint density at radius 1 is 0.906 bits per heavy atom. The van der Waals surface area contributed by atoms with Crippen LogP contribution in [-0.4, -0.2) is 18.4 Å². The maximum Gasteiger partial charge on any atom is 0.282 e. The minimum Gasteiger partial charge on any atom is -0.494 e. The monoisotopic (exact) mass is 446 g/mol. The van der Waals surface area contributed by atoms with Gasteiger partial charge in [0.15, 0.2) is 0 Å². The van der Waals surface area contributed by atoms with E-state index in [2.05, 4.69) is 5.32 Å². The number of imide groups is 1. The molecule has 1 aliphatic heterocycles. The van der Waals surface area contributed by atoms with E-state index in [0.29, 0.717) is 39.9 Å². The summed E-state index contributed by atoms with van der Waals surface area (Å²) in [7, 11) is 0. The fourth-order valence-corrected chi connectivity index (χ4v) is 3.76. The first-order valence-corrected chi connectivity index (χ1v) is 10.7. The predicted molar refractivity (Wildman–Crippen MR) is 128 cm³/mol. The average molecular weight is 447 g/mol. The zero-order chi connectivity index (χ0) is 22.8. The summed E-state index contributed by atoms with van der Waals surface area (Å²) in [5, 5.41) is 3.72. The highest BCUT2D eigenvalue weighted by Crippen LogP contribution is 2.35. The van der Waals surface area contributed by atoms with Gasteiger partial charge in [0.25, 0.3) is 11.8 Å². The van der Waals surface area contributed by atoms with Crippen LogP contribution in [0.1, 0.15) is 23.6 Å². The van der Waals surface area contributed by atoms with Gasteiger partial charge in [-0.3, -0.25) is 9.59 Å². The van der Waals surface area contributed by atoms with Crippen LogP contribution < -0.4 is 15.0 Å². The lowest BCUT2D eigenvalue weighted by Crippen LogP contribution is -2.32. The van der Waals surface area contributed by atoms with Crippen LogP contribution in [-0.2, 0) is 9.59 Å². The van der Waals surface area contributed by atoms with Crippen molar-refractivity contribution < 1.29 is 14.3 Å². The topological polar surface area (TPSA) is 58.6 Å². The van der Waals surface area contributed by atoms with E-state index >= 15 is 0 Å². The lowest BCUT2D eigenvalue weighted by molar-refractivity contribution is -0.120. The first kappa shape index (κ1) is 21.7. The average Bonchev–Trinajstić information content (AvgIpc) is 3.02. The molecule has 3 aromatic rings. The number of hydrogen-bond donors (Lipinski definition) is 1. The van der Waals surface area contributed by atoms with Gasteiger partial charge >= 0.3 is 0 Å². The minimum absolute atomic E-state index is 0.220. The first-order chi connectivity index (χ1) is 15.4. The molecule has 4 rings (SSSR count). The number of benzene rings is 3. The van der Waals surface area contributed by atoms with E-state index in [4.69, 9.17) is 16.3 Å². The molecule has 0 saturated heterocycles. The summed E-state index contributed by atoms with van der Waals surface area (Å²) in [5.41, 5.74) is 4.34. The fraction of sp³-hybridized carbons (Fsp3) is 0.154. The Morgan fingerprint density at radius 3 is 2.25 bits per heavy atom. The molecule has 162 valence electrons. The maximum absolute atomic E-state index is 13.5. The number of nitrogens with zero attached hydrogens (tertiary/aromatic N) is 1. The number of rotatable bonds is 6. The summed E-state index contributed by atoms with van der Waals surface area (Å²) in [5.74, 6) is -0.130. The SMILES string of the molecule is CCOc1ccc(N2C(=O)C(Nc3cc(Cl)ccc3C)=C(c3ccc(C)cc3)C2=O)cc1. The van der Waals surface area contributed by atoms with E-state index < -0.39 is 5.91 Å². The maximum atomic E-state index is 13.5.